The molecule has 3 nitrogen and oxygen atoms in total. The third kappa shape index (κ3) is 2.16. The van der Waals surface area contributed by atoms with E-state index in [4.69, 9.17) is 0 Å². The van der Waals surface area contributed by atoms with Gasteiger partial charge in [-0.15, -0.1) is 5.10 Å². The highest BCUT2D eigenvalue weighted by atomic mass is 79.9. The molecule has 1 heterocycles. The van der Waals surface area contributed by atoms with Crippen LogP contribution >= 0.6 is 15.9 Å². The zero-order chi connectivity index (χ0) is 11.5. The average molecular weight is 280 g/mol. The molecular formula is C12H14BrN3. The number of hydrogen-bond donors (Lipinski definition) is 0. The number of nitrogens with zero attached hydrogens (tertiary/aromatic N) is 3. The van der Waals surface area contributed by atoms with E-state index in [1.165, 1.54) is 5.56 Å². The summed E-state index contributed by atoms with van der Waals surface area (Å²) in [5, 5.41) is 8.95. The molecule has 1 aromatic heterocycles. The van der Waals surface area contributed by atoms with Gasteiger partial charge in [-0.3, -0.25) is 0 Å². The van der Waals surface area contributed by atoms with Gasteiger partial charge in [0.05, 0.1) is 17.6 Å². The molecule has 0 amide bonds. The molecule has 16 heavy (non-hydrogen) atoms. The topological polar surface area (TPSA) is 30.7 Å². The van der Waals surface area contributed by atoms with E-state index >= 15 is 0 Å². The fourth-order valence-electron chi connectivity index (χ4n) is 1.66. The van der Waals surface area contributed by atoms with Gasteiger partial charge in [-0.1, -0.05) is 53.2 Å². The van der Waals surface area contributed by atoms with Crippen LogP contribution in [-0.4, -0.2) is 15.0 Å². The summed E-state index contributed by atoms with van der Waals surface area (Å²) in [6.07, 6.45) is 1.95. The number of rotatable bonds is 3. The predicted molar refractivity (Wildman–Crippen MR) is 68.1 cm³/mol. The summed E-state index contributed by atoms with van der Waals surface area (Å²) in [6.45, 7) is 4.36. The molecule has 0 N–H and O–H groups in total. The van der Waals surface area contributed by atoms with Crippen molar-refractivity contribution in [3.05, 3.63) is 41.7 Å². The Kier molecular flexibility index (Phi) is 3.39. The average Bonchev–Trinajstić information content (AvgIpc) is 2.77. The molecule has 0 bridgehead atoms. The summed E-state index contributed by atoms with van der Waals surface area (Å²) in [5.41, 5.74) is 3.34. The molecule has 0 atom stereocenters. The van der Waals surface area contributed by atoms with E-state index < -0.39 is 0 Å². The van der Waals surface area contributed by atoms with Crippen LogP contribution in [0.2, 0.25) is 0 Å². The SMILES string of the molecule is CC(C)c1ccccc1-n1cc(CBr)nn1. The van der Waals surface area contributed by atoms with E-state index in [9.17, 15) is 0 Å². The highest BCUT2D eigenvalue weighted by Gasteiger charge is 2.09. The van der Waals surface area contributed by atoms with Crippen molar-refractivity contribution in [2.24, 2.45) is 0 Å². The van der Waals surface area contributed by atoms with Gasteiger partial charge in [-0.2, -0.15) is 0 Å². The summed E-state index contributed by atoms with van der Waals surface area (Å²) in [6, 6.07) is 8.29. The van der Waals surface area contributed by atoms with Crippen molar-refractivity contribution in [1.29, 1.82) is 0 Å². The molecule has 0 saturated heterocycles. The van der Waals surface area contributed by atoms with Gasteiger partial charge in [0, 0.05) is 5.33 Å². The maximum Gasteiger partial charge on any atom is 0.0937 e. The Bertz CT molecular complexity index is 477. The van der Waals surface area contributed by atoms with E-state index in [0.29, 0.717) is 5.92 Å². The lowest BCUT2D eigenvalue weighted by Crippen LogP contribution is -2.01. The Balaban J connectivity index is 2.46. The minimum atomic E-state index is 0.479. The van der Waals surface area contributed by atoms with Gasteiger partial charge >= 0.3 is 0 Å². The summed E-state index contributed by atoms with van der Waals surface area (Å²) in [4.78, 5) is 0. The Morgan fingerprint density at radius 1 is 1.31 bits per heavy atom. The second kappa shape index (κ2) is 4.78. The smallest absolute Gasteiger partial charge is 0.0937 e. The van der Waals surface area contributed by atoms with Crippen LogP contribution < -0.4 is 0 Å². The molecule has 0 fully saturated rings. The van der Waals surface area contributed by atoms with Crippen molar-refractivity contribution in [2.45, 2.75) is 25.1 Å². The highest BCUT2D eigenvalue weighted by Crippen LogP contribution is 2.22. The van der Waals surface area contributed by atoms with E-state index in [-0.39, 0.29) is 0 Å². The Hall–Kier alpha value is -1.16. The first-order valence-corrected chi connectivity index (χ1v) is 6.41. The molecule has 0 saturated carbocycles. The summed E-state index contributed by atoms with van der Waals surface area (Å²) in [5.74, 6) is 0.479. The van der Waals surface area contributed by atoms with Gasteiger partial charge in [0.2, 0.25) is 0 Å². The zero-order valence-electron chi connectivity index (χ0n) is 9.39. The van der Waals surface area contributed by atoms with Crippen LogP contribution in [0.1, 0.15) is 31.0 Å². The zero-order valence-corrected chi connectivity index (χ0v) is 11.0. The second-order valence-corrected chi connectivity index (χ2v) is 4.56. The first-order chi connectivity index (χ1) is 7.72. The van der Waals surface area contributed by atoms with Crippen molar-refractivity contribution in [1.82, 2.24) is 15.0 Å². The van der Waals surface area contributed by atoms with Crippen LogP contribution in [0.4, 0.5) is 0 Å². The molecule has 4 heteroatoms. The minimum Gasteiger partial charge on any atom is -0.220 e. The lowest BCUT2D eigenvalue weighted by molar-refractivity contribution is 0.769. The molecule has 0 aliphatic carbocycles. The van der Waals surface area contributed by atoms with Crippen molar-refractivity contribution < 1.29 is 0 Å². The largest absolute Gasteiger partial charge is 0.220 e. The first kappa shape index (κ1) is 11.3. The van der Waals surface area contributed by atoms with E-state index in [0.717, 1.165) is 16.7 Å². The molecular weight excluding hydrogens is 266 g/mol. The van der Waals surface area contributed by atoms with Crippen LogP contribution in [0, 0.1) is 0 Å². The van der Waals surface area contributed by atoms with Gasteiger partial charge < -0.3 is 0 Å². The molecule has 2 aromatic rings. The van der Waals surface area contributed by atoms with Crippen molar-refractivity contribution in [3.63, 3.8) is 0 Å². The molecule has 1 aromatic carbocycles. The van der Waals surface area contributed by atoms with E-state index in [2.05, 4.69) is 58.3 Å². The molecule has 84 valence electrons. The first-order valence-electron chi connectivity index (χ1n) is 5.29. The summed E-state index contributed by atoms with van der Waals surface area (Å²) < 4.78 is 1.84. The number of aromatic nitrogens is 3. The molecule has 0 unspecified atom stereocenters. The van der Waals surface area contributed by atoms with Crippen LogP contribution in [0.15, 0.2) is 30.5 Å². The summed E-state index contributed by atoms with van der Waals surface area (Å²) >= 11 is 3.37. The molecule has 0 aliphatic heterocycles. The number of alkyl halides is 1. The predicted octanol–water partition coefficient (Wildman–Crippen LogP) is 3.29. The van der Waals surface area contributed by atoms with Crippen molar-refractivity contribution in [2.75, 3.05) is 0 Å². The quantitative estimate of drug-likeness (QED) is 0.808. The van der Waals surface area contributed by atoms with Crippen molar-refractivity contribution in [3.8, 4) is 5.69 Å². The Morgan fingerprint density at radius 2 is 2.06 bits per heavy atom. The number of hydrogen-bond acceptors (Lipinski definition) is 2. The fraction of sp³-hybridized carbons (Fsp3) is 0.333. The van der Waals surface area contributed by atoms with Gasteiger partial charge in [0.1, 0.15) is 0 Å². The van der Waals surface area contributed by atoms with Gasteiger partial charge in [0.25, 0.3) is 0 Å². The maximum absolute atomic E-state index is 4.14. The number of benzene rings is 1. The van der Waals surface area contributed by atoms with Crippen molar-refractivity contribution >= 4 is 15.9 Å². The van der Waals surface area contributed by atoms with Crippen LogP contribution in [0.3, 0.4) is 0 Å². The molecule has 2 rings (SSSR count). The minimum absolute atomic E-state index is 0.479. The standard InChI is InChI=1S/C12H14BrN3/c1-9(2)11-5-3-4-6-12(11)16-8-10(7-13)14-15-16/h3-6,8-9H,7H2,1-2H3. The Labute approximate surface area is 104 Å². The lowest BCUT2D eigenvalue weighted by Gasteiger charge is -2.11. The molecule has 0 aliphatic rings. The van der Waals surface area contributed by atoms with Crippen LogP contribution in [0.5, 0.6) is 0 Å². The van der Waals surface area contributed by atoms with Gasteiger partial charge in [-0.05, 0) is 17.5 Å². The highest BCUT2D eigenvalue weighted by molar-refractivity contribution is 9.08. The summed E-state index contributed by atoms with van der Waals surface area (Å²) in [7, 11) is 0. The van der Waals surface area contributed by atoms with E-state index in [1.54, 1.807) is 0 Å². The Morgan fingerprint density at radius 3 is 2.69 bits per heavy atom. The molecule has 0 spiro atoms. The second-order valence-electron chi connectivity index (χ2n) is 4.00. The van der Waals surface area contributed by atoms with Crippen LogP contribution in [-0.2, 0) is 5.33 Å². The van der Waals surface area contributed by atoms with Gasteiger partial charge in [0.15, 0.2) is 0 Å². The third-order valence-corrected chi connectivity index (χ3v) is 3.06. The third-order valence-electron chi connectivity index (χ3n) is 2.48. The normalized spacial score (nSPS) is 11.0. The van der Waals surface area contributed by atoms with Crippen LogP contribution in [0.25, 0.3) is 5.69 Å². The van der Waals surface area contributed by atoms with E-state index in [1.807, 2.05) is 16.9 Å². The number of halogens is 1. The lowest BCUT2D eigenvalue weighted by atomic mass is 10.0. The maximum atomic E-state index is 4.14. The van der Waals surface area contributed by atoms with Gasteiger partial charge in [-0.25, -0.2) is 4.68 Å². The molecule has 0 radical (unpaired) electrons. The fourth-order valence-corrected chi connectivity index (χ4v) is 1.92. The monoisotopic (exact) mass is 279 g/mol. The number of para-hydroxylation sites is 1.